The number of amides is 1. The van der Waals surface area contributed by atoms with E-state index in [0.717, 1.165) is 18.7 Å². The zero-order chi connectivity index (χ0) is 15.0. The summed E-state index contributed by atoms with van der Waals surface area (Å²) in [5.74, 6) is 1.23. The number of fused-ring (bicyclic) bond motifs is 1. The maximum Gasteiger partial charge on any atom is 0.224 e. The van der Waals surface area contributed by atoms with Crippen LogP contribution in [0.2, 0.25) is 0 Å². The Labute approximate surface area is 138 Å². The number of benzene rings is 1. The van der Waals surface area contributed by atoms with Gasteiger partial charge < -0.3 is 15.0 Å². The predicted molar refractivity (Wildman–Crippen MR) is 89.9 cm³/mol. The number of halogens is 1. The van der Waals surface area contributed by atoms with Crippen molar-refractivity contribution in [1.82, 2.24) is 10.2 Å². The molecule has 0 unspecified atom stereocenters. The molecule has 0 radical (unpaired) electrons. The van der Waals surface area contributed by atoms with Crippen molar-refractivity contribution in [2.45, 2.75) is 45.7 Å². The van der Waals surface area contributed by atoms with Crippen LogP contribution >= 0.6 is 12.4 Å². The zero-order valence-electron chi connectivity index (χ0n) is 13.5. The molecule has 2 aliphatic heterocycles. The van der Waals surface area contributed by atoms with Gasteiger partial charge in [-0.3, -0.25) is 4.79 Å². The van der Waals surface area contributed by atoms with Crippen LogP contribution in [0.5, 0.6) is 5.75 Å². The fourth-order valence-electron chi connectivity index (χ4n) is 3.76. The summed E-state index contributed by atoms with van der Waals surface area (Å²) in [6.07, 6.45) is 1.71. The van der Waals surface area contributed by atoms with Crippen molar-refractivity contribution in [1.29, 1.82) is 0 Å². The Hall–Kier alpha value is -1.26. The molecule has 2 fully saturated rings. The quantitative estimate of drug-likeness (QED) is 0.924. The summed E-state index contributed by atoms with van der Waals surface area (Å²) in [5.41, 5.74) is 3.59. The number of nitrogens with zero attached hydrogens (tertiary/aromatic N) is 1. The number of rotatable bonds is 4. The minimum absolute atomic E-state index is 0. The van der Waals surface area contributed by atoms with Gasteiger partial charge in [-0.05, 0) is 44.9 Å². The molecule has 0 saturated carbocycles. The molecule has 122 valence electrons. The van der Waals surface area contributed by atoms with E-state index in [4.69, 9.17) is 4.74 Å². The summed E-state index contributed by atoms with van der Waals surface area (Å²) >= 11 is 0. The van der Waals surface area contributed by atoms with Crippen LogP contribution in [0.1, 0.15) is 29.5 Å². The van der Waals surface area contributed by atoms with Gasteiger partial charge in [0.1, 0.15) is 12.4 Å². The standard InChI is InChI=1S/C17H24N2O2.ClH/c1-11-8-12(2)17(13(3)9-11)21-7-6-19-15-4-5-18-14(15)10-16(19)20;/h8-9,14-15,18H,4-7,10H2,1-3H3;1H/t14-,15-;/m1./s1. The lowest BCUT2D eigenvalue weighted by Gasteiger charge is -2.24. The molecule has 0 aliphatic carbocycles. The molecule has 1 aromatic carbocycles. The maximum atomic E-state index is 12.0. The molecule has 0 aromatic heterocycles. The van der Waals surface area contributed by atoms with Crippen LogP contribution in [0.15, 0.2) is 12.1 Å². The number of likely N-dealkylation sites (tertiary alicyclic amines) is 1. The first-order valence-electron chi connectivity index (χ1n) is 7.80. The molecule has 3 rings (SSSR count). The number of hydrogen-bond acceptors (Lipinski definition) is 3. The highest BCUT2D eigenvalue weighted by molar-refractivity contribution is 5.85. The molecular formula is C17H25ClN2O2. The molecule has 2 atom stereocenters. The Balaban J connectivity index is 0.00000176. The molecular weight excluding hydrogens is 300 g/mol. The third kappa shape index (κ3) is 3.23. The topological polar surface area (TPSA) is 41.6 Å². The van der Waals surface area contributed by atoms with E-state index >= 15 is 0 Å². The van der Waals surface area contributed by atoms with Crippen LogP contribution in [-0.4, -0.2) is 42.6 Å². The van der Waals surface area contributed by atoms with E-state index in [9.17, 15) is 4.79 Å². The Kier molecular flexibility index (Phi) is 5.35. The lowest BCUT2D eigenvalue weighted by atomic mass is 10.1. The average molecular weight is 325 g/mol. The Morgan fingerprint density at radius 3 is 2.64 bits per heavy atom. The number of carbonyl (C=O) groups is 1. The van der Waals surface area contributed by atoms with Gasteiger partial charge in [-0.1, -0.05) is 17.7 Å². The lowest BCUT2D eigenvalue weighted by Crippen LogP contribution is -2.38. The van der Waals surface area contributed by atoms with Gasteiger partial charge in [-0.25, -0.2) is 0 Å². The van der Waals surface area contributed by atoms with E-state index in [1.807, 2.05) is 4.90 Å². The minimum atomic E-state index is 0. The molecule has 0 spiro atoms. The first-order chi connectivity index (χ1) is 10.1. The second-order valence-electron chi connectivity index (χ2n) is 6.28. The minimum Gasteiger partial charge on any atom is -0.491 e. The van der Waals surface area contributed by atoms with E-state index in [-0.39, 0.29) is 18.3 Å². The largest absolute Gasteiger partial charge is 0.491 e. The van der Waals surface area contributed by atoms with Crippen molar-refractivity contribution in [2.75, 3.05) is 19.7 Å². The Bertz CT molecular complexity index is 539. The first-order valence-corrected chi connectivity index (χ1v) is 7.80. The molecule has 4 nitrogen and oxygen atoms in total. The average Bonchev–Trinajstić information content (AvgIpc) is 2.94. The van der Waals surface area contributed by atoms with Crippen LogP contribution in [0.4, 0.5) is 0 Å². The molecule has 1 N–H and O–H groups in total. The van der Waals surface area contributed by atoms with Crippen molar-refractivity contribution >= 4 is 18.3 Å². The fourth-order valence-corrected chi connectivity index (χ4v) is 3.76. The molecule has 0 bridgehead atoms. The number of carbonyl (C=O) groups excluding carboxylic acids is 1. The molecule has 5 heteroatoms. The summed E-state index contributed by atoms with van der Waals surface area (Å²) in [7, 11) is 0. The number of aryl methyl sites for hydroxylation is 3. The summed E-state index contributed by atoms with van der Waals surface area (Å²) < 4.78 is 5.97. The van der Waals surface area contributed by atoms with Crippen LogP contribution in [0, 0.1) is 20.8 Å². The van der Waals surface area contributed by atoms with Gasteiger partial charge in [0, 0.05) is 18.5 Å². The van der Waals surface area contributed by atoms with Gasteiger partial charge >= 0.3 is 0 Å². The molecule has 2 saturated heterocycles. The number of nitrogens with one attached hydrogen (secondary N) is 1. The Morgan fingerprint density at radius 2 is 1.95 bits per heavy atom. The molecule has 1 amide bonds. The van der Waals surface area contributed by atoms with E-state index in [1.165, 1.54) is 16.7 Å². The Morgan fingerprint density at radius 1 is 1.27 bits per heavy atom. The monoisotopic (exact) mass is 324 g/mol. The van der Waals surface area contributed by atoms with Gasteiger partial charge in [-0.2, -0.15) is 0 Å². The van der Waals surface area contributed by atoms with Crippen LogP contribution in [-0.2, 0) is 4.79 Å². The summed E-state index contributed by atoms with van der Waals surface area (Å²) in [4.78, 5) is 14.0. The molecule has 2 aliphatic rings. The second-order valence-corrected chi connectivity index (χ2v) is 6.28. The van der Waals surface area contributed by atoms with Gasteiger partial charge in [0.05, 0.1) is 6.54 Å². The third-order valence-electron chi connectivity index (χ3n) is 4.61. The highest BCUT2D eigenvalue weighted by atomic mass is 35.5. The molecule has 2 heterocycles. The van der Waals surface area contributed by atoms with Gasteiger partial charge in [-0.15, -0.1) is 12.4 Å². The SMILES string of the molecule is Cc1cc(C)c(OCCN2C(=O)C[C@H]3NCC[C@H]32)c(C)c1.Cl. The van der Waals surface area contributed by atoms with Crippen molar-refractivity contribution < 1.29 is 9.53 Å². The van der Waals surface area contributed by atoms with Gasteiger partial charge in [0.2, 0.25) is 5.91 Å². The fraction of sp³-hybridized carbons (Fsp3) is 0.588. The number of hydrogen-bond donors (Lipinski definition) is 1. The second kappa shape index (κ2) is 6.88. The highest BCUT2D eigenvalue weighted by Crippen LogP contribution is 2.27. The lowest BCUT2D eigenvalue weighted by molar-refractivity contribution is -0.129. The van der Waals surface area contributed by atoms with E-state index in [0.29, 0.717) is 31.7 Å². The van der Waals surface area contributed by atoms with Crippen LogP contribution in [0.25, 0.3) is 0 Å². The predicted octanol–water partition coefficient (Wildman–Crippen LogP) is 2.38. The van der Waals surface area contributed by atoms with Crippen molar-refractivity contribution in [3.63, 3.8) is 0 Å². The summed E-state index contributed by atoms with van der Waals surface area (Å²) in [6.45, 7) is 8.53. The van der Waals surface area contributed by atoms with Gasteiger partial charge in [0.15, 0.2) is 0 Å². The zero-order valence-corrected chi connectivity index (χ0v) is 14.3. The van der Waals surface area contributed by atoms with E-state index in [1.54, 1.807) is 0 Å². The van der Waals surface area contributed by atoms with Crippen LogP contribution < -0.4 is 10.1 Å². The third-order valence-corrected chi connectivity index (χ3v) is 4.61. The van der Waals surface area contributed by atoms with Crippen molar-refractivity contribution in [3.8, 4) is 5.75 Å². The first kappa shape index (κ1) is 17.1. The van der Waals surface area contributed by atoms with Crippen LogP contribution in [0.3, 0.4) is 0 Å². The van der Waals surface area contributed by atoms with E-state index < -0.39 is 0 Å². The van der Waals surface area contributed by atoms with Gasteiger partial charge in [0.25, 0.3) is 0 Å². The van der Waals surface area contributed by atoms with Crippen molar-refractivity contribution in [2.24, 2.45) is 0 Å². The number of ether oxygens (including phenoxy) is 1. The molecule has 1 aromatic rings. The van der Waals surface area contributed by atoms with E-state index in [2.05, 4.69) is 38.2 Å². The maximum absolute atomic E-state index is 12.0. The highest BCUT2D eigenvalue weighted by Gasteiger charge is 2.41. The van der Waals surface area contributed by atoms with Crippen molar-refractivity contribution in [3.05, 3.63) is 28.8 Å². The molecule has 22 heavy (non-hydrogen) atoms. The smallest absolute Gasteiger partial charge is 0.224 e. The summed E-state index contributed by atoms with van der Waals surface area (Å²) in [6, 6.07) is 5.02. The summed E-state index contributed by atoms with van der Waals surface area (Å²) in [5, 5.41) is 3.41. The normalized spacial score (nSPS) is 23.4.